The zero-order valence-corrected chi connectivity index (χ0v) is 12.4. The van der Waals surface area contributed by atoms with Crippen LogP contribution in [0.2, 0.25) is 0 Å². The van der Waals surface area contributed by atoms with E-state index in [-0.39, 0.29) is 12.1 Å². The molecule has 0 aromatic carbocycles. The van der Waals surface area contributed by atoms with Crippen molar-refractivity contribution in [1.82, 2.24) is 9.88 Å². The van der Waals surface area contributed by atoms with Gasteiger partial charge in [0.25, 0.3) is 0 Å². The van der Waals surface area contributed by atoms with Crippen molar-refractivity contribution in [2.45, 2.75) is 45.3 Å². The van der Waals surface area contributed by atoms with Crippen LogP contribution in [-0.4, -0.2) is 34.2 Å². The molecule has 1 amide bonds. The van der Waals surface area contributed by atoms with Crippen LogP contribution < -0.4 is 0 Å². The van der Waals surface area contributed by atoms with Gasteiger partial charge in [-0.1, -0.05) is 18.2 Å². The van der Waals surface area contributed by atoms with Crippen molar-refractivity contribution in [2.24, 2.45) is 0 Å². The van der Waals surface area contributed by atoms with E-state index in [1.54, 1.807) is 11.1 Å². The molecule has 0 saturated carbocycles. The average molecular weight is 274 g/mol. The van der Waals surface area contributed by atoms with E-state index in [0.29, 0.717) is 0 Å². The molecule has 108 valence electrons. The number of hydrogen-bond acceptors (Lipinski definition) is 3. The zero-order chi connectivity index (χ0) is 14.6. The molecule has 0 radical (unpaired) electrons. The number of hydrogen-bond donors (Lipinski definition) is 0. The predicted octanol–water partition coefficient (Wildman–Crippen LogP) is 3.49. The summed E-state index contributed by atoms with van der Waals surface area (Å²) in [4.78, 5) is 18.0. The van der Waals surface area contributed by atoms with Gasteiger partial charge in [-0.15, -0.1) is 0 Å². The van der Waals surface area contributed by atoms with Crippen LogP contribution in [0.25, 0.3) is 6.08 Å². The lowest BCUT2D eigenvalue weighted by molar-refractivity contribution is 0.0256. The van der Waals surface area contributed by atoms with Crippen LogP contribution in [0, 0.1) is 0 Å². The average Bonchev–Trinajstić information content (AvgIpc) is 2.84. The Morgan fingerprint density at radius 1 is 1.50 bits per heavy atom. The van der Waals surface area contributed by atoms with Gasteiger partial charge in [-0.2, -0.15) is 0 Å². The molecule has 1 saturated heterocycles. The number of nitrogens with zero attached hydrogens (tertiary/aromatic N) is 2. The van der Waals surface area contributed by atoms with Crippen molar-refractivity contribution in [3.05, 3.63) is 36.2 Å². The van der Waals surface area contributed by atoms with Gasteiger partial charge in [0, 0.05) is 18.9 Å². The zero-order valence-electron chi connectivity index (χ0n) is 12.4. The molecule has 0 bridgehead atoms. The van der Waals surface area contributed by atoms with E-state index in [1.165, 1.54) is 0 Å². The van der Waals surface area contributed by atoms with E-state index < -0.39 is 5.60 Å². The topological polar surface area (TPSA) is 42.4 Å². The van der Waals surface area contributed by atoms with Gasteiger partial charge in [0.05, 0.1) is 6.04 Å². The standard InChI is InChI=1S/C16H22N2O2/c1-16(2,3)20-15(19)18-11-5-7-14(18)9-8-13-6-4-10-17-12-13/h4,6,8-10,12,14H,5,7,11H2,1-3H3/b9-8+. The molecule has 1 aliphatic heterocycles. The number of carbonyl (C=O) groups is 1. The maximum absolute atomic E-state index is 12.1. The molecule has 20 heavy (non-hydrogen) atoms. The molecule has 1 unspecified atom stereocenters. The quantitative estimate of drug-likeness (QED) is 0.829. The molecular formula is C16H22N2O2. The third-order valence-electron chi connectivity index (χ3n) is 3.12. The molecule has 1 aliphatic rings. The highest BCUT2D eigenvalue weighted by Crippen LogP contribution is 2.22. The highest BCUT2D eigenvalue weighted by molar-refractivity contribution is 5.69. The monoisotopic (exact) mass is 274 g/mol. The summed E-state index contributed by atoms with van der Waals surface area (Å²) >= 11 is 0. The predicted molar refractivity (Wildman–Crippen MR) is 79.2 cm³/mol. The van der Waals surface area contributed by atoms with E-state index >= 15 is 0 Å². The van der Waals surface area contributed by atoms with E-state index in [0.717, 1.165) is 24.9 Å². The van der Waals surface area contributed by atoms with Crippen LogP contribution in [-0.2, 0) is 4.74 Å². The number of pyridine rings is 1. The molecule has 0 spiro atoms. The van der Waals surface area contributed by atoms with Crippen molar-refractivity contribution in [3.63, 3.8) is 0 Å². The lowest BCUT2D eigenvalue weighted by Gasteiger charge is -2.27. The lowest BCUT2D eigenvalue weighted by atomic mass is 10.1. The molecule has 2 heterocycles. The van der Waals surface area contributed by atoms with Crippen molar-refractivity contribution in [1.29, 1.82) is 0 Å². The van der Waals surface area contributed by atoms with E-state index in [1.807, 2.05) is 45.2 Å². The number of carbonyl (C=O) groups excluding carboxylic acids is 1. The number of likely N-dealkylation sites (tertiary alicyclic amines) is 1. The Hall–Kier alpha value is -1.84. The lowest BCUT2D eigenvalue weighted by Crippen LogP contribution is -2.39. The molecule has 2 rings (SSSR count). The van der Waals surface area contributed by atoms with Gasteiger partial charge < -0.3 is 9.64 Å². The van der Waals surface area contributed by atoms with Crippen LogP contribution in [0.4, 0.5) is 4.79 Å². The summed E-state index contributed by atoms with van der Waals surface area (Å²) in [6, 6.07) is 4.01. The highest BCUT2D eigenvalue weighted by atomic mass is 16.6. The van der Waals surface area contributed by atoms with Gasteiger partial charge in [-0.3, -0.25) is 4.98 Å². The first kappa shape index (κ1) is 14.6. The maximum Gasteiger partial charge on any atom is 0.410 e. The summed E-state index contributed by atoms with van der Waals surface area (Å²) in [7, 11) is 0. The Morgan fingerprint density at radius 2 is 2.30 bits per heavy atom. The fourth-order valence-corrected chi connectivity index (χ4v) is 2.24. The summed E-state index contributed by atoms with van der Waals surface area (Å²) in [5.41, 5.74) is 0.598. The van der Waals surface area contributed by atoms with E-state index in [2.05, 4.69) is 11.1 Å². The van der Waals surface area contributed by atoms with E-state index in [4.69, 9.17) is 4.74 Å². The molecule has 1 fully saturated rings. The van der Waals surface area contributed by atoms with Crippen LogP contribution in [0.3, 0.4) is 0 Å². The summed E-state index contributed by atoms with van der Waals surface area (Å²) in [5.74, 6) is 0. The van der Waals surface area contributed by atoms with Crippen molar-refractivity contribution >= 4 is 12.2 Å². The number of amides is 1. The second kappa shape index (κ2) is 6.07. The van der Waals surface area contributed by atoms with Crippen LogP contribution in [0.5, 0.6) is 0 Å². The largest absolute Gasteiger partial charge is 0.444 e. The Balaban J connectivity index is 2.01. The Morgan fingerprint density at radius 3 is 2.95 bits per heavy atom. The third kappa shape index (κ3) is 4.08. The minimum Gasteiger partial charge on any atom is -0.444 e. The van der Waals surface area contributed by atoms with Gasteiger partial charge >= 0.3 is 6.09 Å². The van der Waals surface area contributed by atoms with E-state index in [9.17, 15) is 4.79 Å². The molecule has 4 heteroatoms. The number of rotatable bonds is 2. The van der Waals surface area contributed by atoms with Crippen LogP contribution in [0.15, 0.2) is 30.6 Å². The summed E-state index contributed by atoms with van der Waals surface area (Å²) in [6.45, 7) is 6.43. The van der Waals surface area contributed by atoms with Crippen molar-refractivity contribution in [2.75, 3.05) is 6.54 Å². The smallest absolute Gasteiger partial charge is 0.410 e. The molecule has 1 atom stereocenters. The summed E-state index contributed by atoms with van der Waals surface area (Å²) < 4.78 is 5.44. The maximum atomic E-state index is 12.1. The van der Waals surface area contributed by atoms with Gasteiger partial charge in [0.2, 0.25) is 0 Å². The van der Waals surface area contributed by atoms with Crippen LogP contribution in [0.1, 0.15) is 39.2 Å². The molecule has 1 aromatic rings. The molecule has 4 nitrogen and oxygen atoms in total. The summed E-state index contributed by atoms with van der Waals surface area (Å²) in [6.07, 6.45) is 9.41. The first-order valence-electron chi connectivity index (χ1n) is 7.03. The van der Waals surface area contributed by atoms with Gasteiger partial charge in [-0.05, 0) is 45.2 Å². The van der Waals surface area contributed by atoms with Crippen LogP contribution >= 0.6 is 0 Å². The summed E-state index contributed by atoms with van der Waals surface area (Å²) in [5, 5.41) is 0. The van der Waals surface area contributed by atoms with Crippen molar-refractivity contribution in [3.8, 4) is 0 Å². The number of ether oxygens (including phenoxy) is 1. The molecule has 0 aliphatic carbocycles. The molecular weight excluding hydrogens is 252 g/mol. The Labute approximate surface area is 120 Å². The highest BCUT2D eigenvalue weighted by Gasteiger charge is 2.30. The molecule has 0 N–H and O–H groups in total. The Bertz CT molecular complexity index is 477. The fourth-order valence-electron chi connectivity index (χ4n) is 2.24. The Kier molecular flexibility index (Phi) is 4.42. The minimum atomic E-state index is -0.447. The van der Waals surface area contributed by atoms with Gasteiger partial charge in [-0.25, -0.2) is 4.79 Å². The fraction of sp³-hybridized carbons (Fsp3) is 0.500. The van der Waals surface area contributed by atoms with Gasteiger partial charge in [0.15, 0.2) is 0 Å². The SMILES string of the molecule is CC(C)(C)OC(=O)N1CCCC1/C=C/c1cccnc1. The first-order chi connectivity index (χ1) is 9.46. The van der Waals surface area contributed by atoms with Gasteiger partial charge in [0.1, 0.15) is 5.60 Å². The molecule has 1 aromatic heterocycles. The number of aromatic nitrogens is 1. The first-order valence-corrected chi connectivity index (χ1v) is 7.03. The van der Waals surface area contributed by atoms with Crippen molar-refractivity contribution < 1.29 is 9.53 Å². The second-order valence-electron chi connectivity index (χ2n) is 6.03. The second-order valence-corrected chi connectivity index (χ2v) is 6.03. The third-order valence-corrected chi connectivity index (χ3v) is 3.12. The minimum absolute atomic E-state index is 0.116. The normalized spacial score (nSPS) is 19.6.